The quantitative estimate of drug-likeness (QED) is 0.605. The van der Waals surface area contributed by atoms with E-state index in [0.717, 1.165) is 32.4 Å². The van der Waals surface area contributed by atoms with Crippen LogP contribution >= 0.6 is 0 Å². The van der Waals surface area contributed by atoms with Crippen LogP contribution < -0.4 is 5.32 Å². The first-order valence-corrected chi connectivity index (χ1v) is 12.4. The van der Waals surface area contributed by atoms with Crippen LogP contribution in [0, 0.1) is 23.2 Å². The molecule has 1 aliphatic carbocycles. The molecule has 2 saturated heterocycles. The molecular weight excluding hydrogens is 392 g/mol. The van der Waals surface area contributed by atoms with Gasteiger partial charge < -0.3 is 15.0 Å². The molecule has 0 aromatic rings. The van der Waals surface area contributed by atoms with Gasteiger partial charge in [0.2, 0.25) is 11.8 Å². The Morgan fingerprint density at radius 3 is 2.35 bits per heavy atom. The van der Waals surface area contributed by atoms with Crippen LogP contribution in [0.2, 0.25) is 0 Å². The highest BCUT2D eigenvalue weighted by molar-refractivity contribution is 5.85. The van der Waals surface area contributed by atoms with Gasteiger partial charge in [-0.1, -0.05) is 38.5 Å². The van der Waals surface area contributed by atoms with Gasteiger partial charge in [-0.15, -0.1) is 0 Å². The Hall–Kier alpha value is -1.65. The molecule has 1 N–H and O–H groups in total. The van der Waals surface area contributed by atoms with Crippen molar-refractivity contribution in [2.45, 2.75) is 76.7 Å². The molecule has 2 amide bonds. The molecule has 0 aromatic heterocycles. The zero-order valence-corrected chi connectivity index (χ0v) is 19.0. The first kappa shape index (κ1) is 24.0. The summed E-state index contributed by atoms with van der Waals surface area (Å²) in [6.07, 6.45) is 11.4. The minimum absolute atomic E-state index is 0.0116. The number of carbonyl (C=O) groups is 2. The molecule has 2 unspecified atom stereocenters. The Labute approximate surface area is 187 Å². The van der Waals surface area contributed by atoms with Gasteiger partial charge in [0.25, 0.3) is 0 Å². The average Bonchev–Trinajstić information content (AvgIpc) is 2.83. The van der Waals surface area contributed by atoms with Gasteiger partial charge in [0.1, 0.15) is 0 Å². The second kappa shape index (κ2) is 13.0. The van der Waals surface area contributed by atoms with Crippen LogP contribution in [0.5, 0.6) is 0 Å². The third-order valence-corrected chi connectivity index (χ3v) is 7.20. The molecular formula is C24H40N4O3. The molecule has 0 aromatic carbocycles. The minimum atomic E-state index is -0.269. The Balaban J connectivity index is 1.51. The fourth-order valence-electron chi connectivity index (χ4n) is 5.30. The summed E-state index contributed by atoms with van der Waals surface area (Å²) in [6, 6.07) is 2.29. The summed E-state index contributed by atoms with van der Waals surface area (Å²) in [5.74, 6) is 0.334. The SMILES string of the molecule is N#CC(CCNC(=O)C(CC(=O)N1CCOCC1)CC1CCCCC1)N1CCCCC1. The zero-order valence-electron chi connectivity index (χ0n) is 19.0. The predicted octanol–water partition coefficient (Wildman–Crippen LogP) is 2.71. The average molecular weight is 433 g/mol. The normalized spacial score (nSPS) is 23.0. The van der Waals surface area contributed by atoms with Crippen molar-refractivity contribution in [2.24, 2.45) is 11.8 Å². The van der Waals surface area contributed by atoms with Crippen LogP contribution in [0.3, 0.4) is 0 Å². The summed E-state index contributed by atoms with van der Waals surface area (Å²) in [7, 11) is 0. The van der Waals surface area contributed by atoms with Crippen LogP contribution in [0.1, 0.15) is 70.6 Å². The van der Waals surface area contributed by atoms with Gasteiger partial charge in [0.05, 0.1) is 25.3 Å². The lowest BCUT2D eigenvalue weighted by Crippen LogP contribution is -2.44. The Kier molecular flexibility index (Phi) is 10.1. The summed E-state index contributed by atoms with van der Waals surface area (Å²) < 4.78 is 5.36. The number of likely N-dealkylation sites (tertiary alicyclic amines) is 1. The van der Waals surface area contributed by atoms with Gasteiger partial charge in [-0.25, -0.2) is 0 Å². The lowest BCUT2D eigenvalue weighted by atomic mass is 9.81. The Morgan fingerprint density at radius 2 is 1.68 bits per heavy atom. The van der Waals surface area contributed by atoms with Crippen molar-refractivity contribution >= 4 is 11.8 Å². The highest BCUT2D eigenvalue weighted by Gasteiger charge is 2.29. The summed E-state index contributed by atoms with van der Waals surface area (Å²) in [4.78, 5) is 30.0. The van der Waals surface area contributed by atoms with E-state index in [0.29, 0.717) is 45.2 Å². The molecule has 3 rings (SSSR count). The molecule has 7 heteroatoms. The molecule has 2 aliphatic heterocycles. The zero-order chi connectivity index (χ0) is 21.9. The van der Waals surface area contributed by atoms with Crippen molar-refractivity contribution < 1.29 is 14.3 Å². The van der Waals surface area contributed by atoms with Crippen molar-refractivity contribution in [3.63, 3.8) is 0 Å². The van der Waals surface area contributed by atoms with Crippen molar-refractivity contribution in [2.75, 3.05) is 45.9 Å². The Morgan fingerprint density at radius 1 is 1.00 bits per heavy atom. The minimum Gasteiger partial charge on any atom is -0.378 e. The van der Waals surface area contributed by atoms with Gasteiger partial charge in [-0.2, -0.15) is 5.26 Å². The maximum absolute atomic E-state index is 13.1. The van der Waals surface area contributed by atoms with E-state index < -0.39 is 0 Å². The van der Waals surface area contributed by atoms with E-state index >= 15 is 0 Å². The topological polar surface area (TPSA) is 85.7 Å². The van der Waals surface area contributed by atoms with Crippen molar-refractivity contribution in [3.05, 3.63) is 0 Å². The first-order valence-electron chi connectivity index (χ1n) is 12.4. The lowest BCUT2D eigenvalue weighted by Gasteiger charge is -2.31. The fourth-order valence-corrected chi connectivity index (χ4v) is 5.30. The van der Waals surface area contributed by atoms with E-state index in [1.54, 1.807) is 0 Å². The number of rotatable bonds is 9. The standard InChI is InChI=1S/C24H40N4O3/c25-19-22(27-11-5-2-6-12-27)9-10-26-24(30)21(17-20-7-3-1-4-8-20)18-23(29)28-13-15-31-16-14-28/h20-22H,1-18H2,(H,26,30). The molecule has 2 atom stereocenters. The maximum Gasteiger partial charge on any atom is 0.223 e. The molecule has 3 fully saturated rings. The van der Waals surface area contributed by atoms with Gasteiger partial charge in [0.15, 0.2) is 0 Å². The predicted molar refractivity (Wildman–Crippen MR) is 119 cm³/mol. The molecule has 0 bridgehead atoms. The molecule has 0 spiro atoms. The number of amides is 2. The third kappa shape index (κ3) is 7.76. The largest absolute Gasteiger partial charge is 0.378 e. The van der Waals surface area contributed by atoms with Gasteiger partial charge in [-0.05, 0) is 44.7 Å². The molecule has 7 nitrogen and oxygen atoms in total. The second-order valence-electron chi connectivity index (χ2n) is 9.46. The number of ether oxygens (including phenoxy) is 1. The number of morpholine rings is 1. The van der Waals surface area contributed by atoms with E-state index in [1.165, 1.54) is 38.5 Å². The van der Waals surface area contributed by atoms with Gasteiger partial charge >= 0.3 is 0 Å². The van der Waals surface area contributed by atoms with Crippen LogP contribution in [0.4, 0.5) is 0 Å². The van der Waals surface area contributed by atoms with Crippen molar-refractivity contribution in [1.29, 1.82) is 5.26 Å². The molecule has 174 valence electrons. The third-order valence-electron chi connectivity index (χ3n) is 7.20. The van der Waals surface area contributed by atoms with Gasteiger partial charge in [0, 0.05) is 32.0 Å². The highest BCUT2D eigenvalue weighted by Crippen LogP contribution is 2.30. The maximum atomic E-state index is 13.1. The lowest BCUT2D eigenvalue weighted by molar-refractivity contribution is -0.139. The molecule has 3 aliphatic rings. The fraction of sp³-hybridized carbons (Fsp3) is 0.875. The number of nitrogens with zero attached hydrogens (tertiary/aromatic N) is 3. The first-order chi connectivity index (χ1) is 15.2. The number of piperidine rings is 1. The summed E-state index contributed by atoms with van der Waals surface area (Å²) in [5, 5.41) is 12.6. The molecule has 2 heterocycles. The monoisotopic (exact) mass is 432 g/mol. The van der Waals surface area contributed by atoms with Crippen molar-refractivity contribution in [1.82, 2.24) is 15.1 Å². The molecule has 0 radical (unpaired) electrons. The van der Waals surface area contributed by atoms with Gasteiger partial charge in [-0.3, -0.25) is 14.5 Å². The number of hydrogen-bond donors (Lipinski definition) is 1. The summed E-state index contributed by atoms with van der Waals surface area (Å²) in [6.45, 7) is 4.86. The number of nitriles is 1. The smallest absolute Gasteiger partial charge is 0.223 e. The van der Waals surface area contributed by atoms with E-state index in [-0.39, 0.29) is 30.2 Å². The Bertz CT molecular complexity index is 602. The molecule has 31 heavy (non-hydrogen) atoms. The van der Waals surface area contributed by atoms with Crippen LogP contribution in [-0.4, -0.2) is 73.6 Å². The summed E-state index contributed by atoms with van der Waals surface area (Å²) >= 11 is 0. The van der Waals surface area contributed by atoms with E-state index in [4.69, 9.17) is 4.74 Å². The second-order valence-corrected chi connectivity index (χ2v) is 9.46. The van der Waals surface area contributed by atoms with E-state index in [1.807, 2.05) is 4.90 Å². The number of carbonyl (C=O) groups excluding carboxylic acids is 2. The van der Waals surface area contributed by atoms with Crippen molar-refractivity contribution in [3.8, 4) is 6.07 Å². The number of nitrogens with one attached hydrogen (secondary N) is 1. The van der Waals surface area contributed by atoms with E-state index in [9.17, 15) is 14.9 Å². The van der Waals surface area contributed by atoms with Crippen LogP contribution in [0.15, 0.2) is 0 Å². The van der Waals surface area contributed by atoms with Crippen LogP contribution in [0.25, 0.3) is 0 Å². The molecule has 1 saturated carbocycles. The summed E-state index contributed by atoms with van der Waals surface area (Å²) in [5.41, 5.74) is 0. The van der Waals surface area contributed by atoms with E-state index in [2.05, 4.69) is 16.3 Å². The number of hydrogen-bond acceptors (Lipinski definition) is 5. The highest BCUT2D eigenvalue weighted by atomic mass is 16.5. The van der Waals surface area contributed by atoms with Crippen LogP contribution in [-0.2, 0) is 14.3 Å².